The van der Waals surface area contributed by atoms with Crippen LogP contribution < -0.4 is 15.8 Å². The van der Waals surface area contributed by atoms with Crippen molar-refractivity contribution in [3.8, 4) is 11.5 Å². The SMILES string of the molecule is CC(C)N1CCN(c2ccc(N=c3ncc4nnc5n(c-4n3)C3(CCCCC3)CN5)nc2)CC1. The first kappa shape index (κ1) is 21.4. The maximum Gasteiger partial charge on any atom is 0.253 e. The molecule has 6 rings (SSSR count). The Hall–Kier alpha value is -3.14. The minimum atomic E-state index is 0.0207. The Balaban J connectivity index is 1.28. The van der Waals surface area contributed by atoms with Gasteiger partial charge in [0.2, 0.25) is 5.95 Å². The highest BCUT2D eigenvalue weighted by molar-refractivity contribution is 5.54. The summed E-state index contributed by atoms with van der Waals surface area (Å²) in [5, 5.41) is 12.2. The average molecular weight is 461 g/mol. The van der Waals surface area contributed by atoms with E-state index in [0.717, 1.165) is 63.0 Å². The Morgan fingerprint density at radius 1 is 0.971 bits per heavy atom. The van der Waals surface area contributed by atoms with Crippen molar-refractivity contribution in [2.45, 2.75) is 57.5 Å². The van der Waals surface area contributed by atoms with Gasteiger partial charge in [0.25, 0.3) is 5.62 Å². The molecule has 1 N–H and O–H groups in total. The summed E-state index contributed by atoms with van der Waals surface area (Å²) in [6.45, 7) is 9.59. The van der Waals surface area contributed by atoms with Crippen LogP contribution in [0.4, 0.5) is 17.5 Å². The molecule has 34 heavy (non-hydrogen) atoms. The van der Waals surface area contributed by atoms with Gasteiger partial charge >= 0.3 is 0 Å². The van der Waals surface area contributed by atoms with Crippen LogP contribution in [0.3, 0.4) is 0 Å². The van der Waals surface area contributed by atoms with Gasteiger partial charge in [0.1, 0.15) is 5.69 Å². The molecule has 1 aromatic heterocycles. The number of rotatable bonds is 3. The molecule has 1 aliphatic carbocycles. The summed E-state index contributed by atoms with van der Waals surface area (Å²) in [6, 6.07) is 4.64. The van der Waals surface area contributed by atoms with E-state index < -0.39 is 0 Å². The number of aromatic nitrogens is 6. The van der Waals surface area contributed by atoms with Gasteiger partial charge in [0, 0.05) is 38.8 Å². The van der Waals surface area contributed by atoms with Crippen LogP contribution in [0.15, 0.2) is 29.5 Å². The Morgan fingerprint density at radius 2 is 1.79 bits per heavy atom. The lowest BCUT2D eigenvalue weighted by Gasteiger charge is -2.37. The third kappa shape index (κ3) is 3.79. The van der Waals surface area contributed by atoms with Gasteiger partial charge < -0.3 is 10.2 Å². The molecule has 0 bridgehead atoms. The van der Waals surface area contributed by atoms with Gasteiger partial charge in [-0.05, 0) is 38.8 Å². The van der Waals surface area contributed by atoms with Crippen molar-refractivity contribution in [2.75, 3.05) is 42.9 Å². The lowest BCUT2D eigenvalue weighted by Crippen LogP contribution is -2.48. The Labute approximate surface area is 199 Å². The topological polar surface area (TPSA) is 100 Å². The van der Waals surface area contributed by atoms with Crippen LogP contribution in [-0.4, -0.2) is 73.4 Å². The van der Waals surface area contributed by atoms with Crippen LogP contribution in [0.2, 0.25) is 0 Å². The molecule has 0 amide bonds. The molecule has 4 aliphatic heterocycles. The highest BCUT2D eigenvalue weighted by Crippen LogP contribution is 2.42. The summed E-state index contributed by atoms with van der Waals surface area (Å²) in [5.74, 6) is 2.20. The summed E-state index contributed by atoms with van der Waals surface area (Å²) in [5.41, 5.74) is 2.25. The zero-order chi connectivity index (χ0) is 23.1. The van der Waals surface area contributed by atoms with Crippen molar-refractivity contribution < 1.29 is 0 Å². The van der Waals surface area contributed by atoms with E-state index in [2.05, 4.69) is 64.8 Å². The Morgan fingerprint density at radius 3 is 2.53 bits per heavy atom. The summed E-state index contributed by atoms with van der Waals surface area (Å²) in [6.07, 6.45) is 9.63. The van der Waals surface area contributed by atoms with Gasteiger partial charge in [0.05, 0.1) is 23.6 Å². The zero-order valence-corrected chi connectivity index (χ0v) is 20.0. The normalized spacial score (nSPS) is 20.8. The third-order valence-corrected chi connectivity index (χ3v) is 7.60. The number of nitrogens with one attached hydrogen (secondary N) is 1. The molecule has 1 spiro atoms. The zero-order valence-electron chi connectivity index (χ0n) is 20.0. The number of pyridine rings is 1. The molecule has 10 nitrogen and oxygen atoms in total. The minimum Gasteiger partial charge on any atom is -0.368 e. The number of nitrogens with zero attached hydrogens (tertiary/aromatic N) is 9. The van der Waals surface area contributed by atoms with E-state index in [1.807, 2.05) is 12.3 Å². The Bertz CT molecular complexity index is 1180. The second kappa shape index (κ2) is 8.57. The predicted molar refractivity (Wildman–Crippen MR) is 130 cm³/mol. The molecule has 5 heterocycles. The number of hydrogen-bond acceptors (Lipinski definition) is 9. The molecule has 0 atom stereocenters. The molecule has 5 aliphatic rings. The van der Waals surface area contributed by atoms with Gasteiger partial charge in [-0.1, -0.05) is 19.3 Å². The fourth-order valence-electron chi connectivity index (χ4n) is 5.62. The van der Waals surface area contributed by atoms with Gasteiger partial charge in [-0.2, -0.15) is 9.98 Å². The smallest absolute Gasteiger partial charge is 0.253 e. The van der Waals surface area contributed by atoms with E-state index in [-0.39, 0.29) is 5.54 Å². The fraction of sp³-hybridized carbons (Fsp3) is 0.583. The van der Waals surface area contributed by atoms with Crippen molar-refractivity contribution >= 4 is 17.5 Å². The molecule has 1 aromatic rings. The summed E-state index contributed by atoms with van der Waals surface area (Å²) in [7, 11) is 0. The van der Waals surface area contributed by atoms with Crippen LogP contribution in [0.1, 0.15) is 46.0 Å². The van der Waals surface area contributed by atoms with Gasteiger partial charge in [-0.25, -0.2) is 9.97 Å². The van der Waals surface area contributed by atoms with Crippen molar-refractivity contribution in [1.82, 2.24) is 34.6 Å². The highest BCUT2D eigenvalue weighted by atomic mass is 15.4. The molecule has 2 fully saturated rings. The van der Waals surface area contributed by atoms with E-state index in [9.17, 15) is 0 Å². The van der Waals surface area contributed by atoms with Gasteiger partial charge in [-0.3, -0.25) is 9.47 Å². The standard InChI is InChI=1S/C24H32N10/c1-17(2)32-10-12-33(13-11-32)18-6-7-20(25-14-18)28-22-26-15-19-21(29-22)34-23(31-30-19)27-16-24(34)8-4-3-5-9-24/h6-7,14-15,17H,3-5,8-13,16H2,1-2H3,(H,27,31). The van der Waals surface area contributed by atoms with Gasteiger partial charge in [-0.15, -0.1) is 10.2 Å². The third-order valence-electron chi connectivity index (χ3n) is 7.60. The monoisotopic (exact) mass is 460 g/mol. The molecule has 0 aromatic carbocycles. The minimum absolute atomic E-state index is 0.0207. The molecule has 178 valence electrons. The fourth-order valence-corrected chi connectivity index (χ4v) is 5.62. The molecular weight excluding hydrogens is 428 g/mol. The maximum atomic E-state index is 4.82. The molecule has 1 saturated heterocycles. The number of anilines is 2. The molecular formula is C24H32N10. The van der Waals surface area contributed by atoms with Crippen molar-refractivity contribution in [2.24, 2.45) is 4.99 Å². The molecule has 0 radical (unpaired) electrons. The maximum absolute atomic E-state index is 4.82. The van der Waals surface area contributed by atoms with Crippen molar-refractivity contribution in [3.63, 3.8) is 0 Å². The lowest BCUT2D eigenvalue weighted by atomic mass is 9.82. The molecule has 10 heteroatoms. The first-order valence-electron chi connectivity index (χ1n) is 12.5. The van der Waals surface area contributed by atoms with Crippen LogP contribution in [0.25, 0.3) is 11.5 Å². The van der Waals surface area contributed by atoms with E-state index >= 15 is 0 Å². The summed E-state index contributed by atoms with van der Waals surface area (Å²) in [4.78, 5) is 23.4. The van der Waals surface area contributed by atoms with E-state index in [1.54, 1.807) is 6.20 Å². The quantitative estimate of drug-likeness (QED) is 0.636. The number of fused-ring (bicyclic) bond motifs is 4. The van der Waals surface area contributed by atoms with Crippen LogP contribution in [0, 0.1) is 0 Å². The van der Waals surface area contributed by atoms with Crippen LogP contribution in [-0.2, 0) is 5.54 Å². The van der Waals surface area contributed by atoms with Crippen LogP contribution >= 0.6 is 0 Å². The number of piperazine rings is 1. The second-order valence-electron chi connectivity index (χ2n) is 9.98. The first-order chi connectivity index (χ1) is 16.6. The van der Waals surface area contributed by atoms with Crippen molar-refractivity contribution in [3.05, 3.63) is 30.1 Å². The van der Waals surface area contributed by atoms with Crippen LogP contribution in [0.5, 0.6) is 0 Å². The largest absolute Gasteiger partial charge is 0.368 e. The predicted octanol–water partition coefficient (Wildman–Crippen LogP) is 2.42. The van der Waals surface area contributed by atoms with Crippen molar-refractivity contribution in [1.29, 1.82) is 0 Å². The molecule has 0 unspecified atom stereocenters. The summed E-state index contributed by atoms with van der Waals surface area (Å²) < 4.78 is 2.25. The highest BCUT2D eigenvalue weighted by Gasteiger charge is 2.42. The second-order valence-corrected chi connectivity index (χ2v) is 9.98. The lowest BCUT2D eigenvalue weighted by molar-refractivity contribution is 0.209. The van der Waals surface area contributed by atoms with E-state index in [1.165, 1.54) is 19.3 Å². The van der Waals surface area contributed by atoms with Gasteiger partial charge in [0.15, 0.2) is 11.6 Å². The average Bonchev–Trinajstić information content (AvgIpc) is 3.23. The summed E-state index contributed by atoms with van der Waals surface area (Å²) >= 11 is 0. The molecule has 1 saturated carbocycles. The first-order valence-corrected chi connectivity index (χ1v) is 12.5. The number of hydrogen-bond donors (Lipinski definition) is 1. The van der Waals surface area contributed by atoms with E-state index in [4.69, 9.17) is 4.98 Å². The van der Waals surface area contributed by atoms with E-state index in [0.29, 0.717) is 23.2 Å². The Kier molecular flexibility index (Phi) is 5.40.